The molecule has 0 bridgehead atoms. The topological polar surface area (TPSA) is 41.5 Å². The molecule has 2 unspecified atom stereocenters. The number of rotatable bonds is 9. The molecule has 20 heavy (non-hydrogen) atoms. The molecule has 0 aliphatic rings. The minimum absolute atomic E-state index is 0.437. The van der Waals surface area contributed by atoms with Gasteiger partial charge in [-0.15, -0.1) is 0 Å². The lowest BCUT2D eigenvalue weighted by molar-refractivity contribution is 0.165. The van der Waals surface area contributed by atoms with Crippen molar-refractivity contribution in [3.05, 3.63) is 29.3 Å². The van der Waals surface area contributed by atoms with Crippen LogP contribution in [0.5, 0.6) is 5.75 Å². The van der Waals surface area contributed by atoms with E-state index in [4.69, 9.17) is 4.74 Å². The summed E-state index contributed by atoms with van der Waals surface area (Å²) in [6.45, 7) is 6.98. The molecule has 0 spiro atoms. The van der Waals surface area contributed by atoms with E-state index >= 15 is 0 Å². The Kier molecular flexibility index (Phi) is 7.63. The minimum Gasteiger partial charge on any atom is -0.496 e. The first-order chi connectivity index (χ1) is 9.58. The molecule has 3 nitrogen and oxygen atoms in total. The molecule has 0 saturated heterocycles. The molecule has 0 fully saturated rings. The Morgan fingerprint density at radius 2 is 2.05 bits per heavy atom. The predicted molar refractivity (Wildman–Crippen MR) is 84.3 cm³/mol. The lowest BCUT2D eigenvalue weighted by Gasteiger charge is -2.19. The fourth-order valence-electron chi connectivity index (χ4n) is 2.34. The molecule has 1 aromatic carbocycles. The maximum absolute atomic E-state index is 10.3. The number of methoxy groups -OCH3 is 1. The van der Waals surface area contributed by atoms with Crippen molar-refractivity contribution in [2.24, 2.45) is 0 Å². The Labute approximate surface area is 123 Å². The quantitative estimate of drug-likeness (QED) is 0.679. The molecular weight excluding hydrogens is 250 g/mol. The maximum atomic E-state index is 10.3. The van der Waals surface area contributed by atoms with Crippen molar-refractivity contribution in [3.63, 3.8) is 0 Å². The van der Waals surface area contributed by atoms with Crippen LogP contribution in [-0.2, 0) is 0 Å². The summed E-state index contributed by atoms with van der Waals surface area (Å²) in [7, 11) is 1.64. The second kappa shape index (κ2) is 8.98. The molecule has 0 radical (unpaired) electrons. The molecular formula is C17H29NO2. The van der Waals surface area contributed by atoms with Crippen molar-refractivity contribution in [2.45, 2.75) is 58.6 Å². The zero-order chi connectivity index (χ0) is 15.0. The highest BCUT2D eigenvalue weighted by molar-refractivity contribution is 5.38. The molecule has 114 valence electrons. The number of nitrogens with one attached hydrogen (secondary N) is 1. The number of unbranched alkanes of at least 4 members (excludes halogenated alkanes) is 2. The Balaban J connectivity index is 2.50. The zero-order valence-electron chi connectivity index (χ0n) is 13.3. The van der Waals surface area contributed by atoms with Gasteiger partial charge in [-0.25, -0.2) is 0 Å². The molecule has 3 heteroatoms. The van der Waals surface area contributed by atoms with Gasteiger partial charge < -0.3 is 15.2 Å². The number of hydrogen-bond acceptors (Lipinski definition) is 3. The van der Waals surface area contributed by atoms with E-state index in [1.807, 2.05) is 25.1 Å². The van der Waals surface area contributed by atoms with Gasteiger partial charge in [-0.05, 0) is 32.4 Å². The van der Waals surface area contributed by atoms with E-state index in [0.717, 1.165) is 23.3 Å². The predicted octanol–water partition coefficient (Wildman–Crippen LogP) is 3.60. The molecule has 0 aliphatic carbocycles. The van der Waals surface area contributed by atoms with Gasteiger partial charge in [0.25, 0.3) is 0 Å². The van der Waals surface area contributed by atoms with E-state index in [1.165, 1.54) is 19.3 Å². The third kappa shape index (κ3) is 5.51. The summed E-state index contributed by atoms with van der Waals surface area (Å²) in [6.07, 6.45) is 4.40. The van der Waals surface area contributed by atoms with Gasteiger partial charge in [0, 0.05) is 18.2 Å². The van der Waals surface area contributed by atoms with Crippen LogP contribution in [0.1, 0.15) is 56.8 Å². The molecule has 0 amide bonds. The number of benzene rings is 1. The van der Waals surface area contributed by atoms with Crippen LogP contribution in [0.3, 0.4) is 0 Å². The van der Waals surface area contributed by atoms with E-state index < -0.39 is 6.10 Å². The molecule has 0 saturated carbocycles. The second-order valence-electron chi connectivity index (χ2n) is 5.57. The Hall–Kier alpha value is -1.06. The monoisotopic (exact) mass is 279 g/mol. The van der Waals surface area contributed by atoms with Crippen LogP contribution in [0.2, 0.25) is 0 Å². The molecule has 1 aromatic rings. The number of ether oxygens (including phenoxy) is 1. The van der Waals surface area contributed by atoms with Gasteiger partial charge in [-0.2, -0.15) is 0 Å². The standard InChI is InChI=1S/C17H29NO2/c1-5-6-7-8-14(3)18-12-16(19)15-11-13(2)9-10-17(15)20-4/h9-11,14,16,18-19H,5-8,12H2,1-4H3. The zero-order valence-corrected chi connectivity index (χ0v) is 13.3. The van der Waals surface area contributed by atoms with Gasteiger partial charge in [0.1, 0.15) is 5.75 Å². The Morgan fingerprint density at radius 1 is 1.30 bits per heavy atom. The third-order valence-electron chi connectivity index (χ3n) is 3.64. The first-order valence-electron chi connectivity index (χ1n) is 7.64. The van der Waals surface area contributed by atoms with Crippen molar-refractivity contribution < 1.29 is 9.84 Å². The van der Waals surface area contributed by atoms with Gasteiger partial charge in [-0.1, -0.05) is 37.8 Å². The SMILES string of the molecule is CCCCCC(C)NCC(O)c1cc(C)ccc1OC. The van der Waals surface area contributed by atoms with E-state index in [1.54, 1.807) is 7.11 Å². The summed E-state index contributed by atoms with van der Waals surface area (Å²) in [6, 6.07) is 6.34. The van der Waals surface area contributed by atoms with Crippen LogP contribution >= 0.6 is 0 Å². The molecule has 2 atom stereocenters. The number of aliphatic hydroxyl groups is 1. The van der Waals surface area contributed by atoms with Gasteiger partial charge in [0.15, 0.2) is 0 Å². The van der Waals surface area contributed by atoms with Gasteiger partial charge in [-0.3, -0.25) is 0 Å². The summed E-state index contributed by atoms with van der Waals surface area (Å²) in [5.41, 5.74) is 2.00. The fraction of sp³-hybridized carbons (Fsp3) is 0.647. The van der Waals surface area contributed by atoms with E-state index in [0.29, 0.717) is 12.6 Å². The highest BCUT2D eigenvalue weighted by Crippen LogP contribution is 2.26. The fourth-order valence-corrected chi connectivity index (χ4v) is 2.34. The third-order valence-corrected chi connectivity index (χ3v) is 3.64. The molecule has 0 heterocycles. The van der Waals surface area contributed by atoms with Crippen molar-refractivity contribution in [2.75, 3.05) is 13.7 Å². The van der Waals surface area contributed by atoms with Gasteiger partial charge in [0.2, 0.25) is 0 Å². The Morgan fingerprint density at radius 3 is 2.70 bits per heavy atom. The van der Waals surface area contributed by atoms with Crippen LogP contribution in [0.4, 0.5) is 0 Å². The maximum Gasteiger partial charge on any atom is 0.124 e. The molecule has 1 rings (SSSR count). The van der Waals surface area contributed by atoms with Gasteiger partial charge >= 0.3 is 0 Å². The summed E-state index contributed by atoms with van der Waals surface area (Å²) in [5.74, 6) is 0.753. The summed E-state index contributed by atoms with van der Waals surface area (Å²) >= 11 is 0. The van der Waals surface area contributed by atoms with Crippen LogP contribution < -0.4 is 10.1 Å². The van der Waals surface area contributed by atoms with E-state index in [2.05, 4.69) is 19.2 Å². The highest BCUT2D eigenvalue weighted by Gasteiger charge is 2.14. The van der Waals surface area contributed by atoms with Crippen molar-refractivity contribution in [1.82, 2.24) is 5.32 Å². The van der Waals surface area contributed by atoms with E-state index in [9.17, 15) is 5.11 Å². The summed E-state index contributed by atoms with van der Waals surface area (Å²) in [4.78, 5) is 0. The average Bonchev–Trinajstić information content (AvgIpc) is 2.45. The van der Waals surface area contributed by atoms with Crippen LogP contribution in [0, 0.1) is 6.92 Å². The highest BCUT2D eigenvalue weighted by atomic mass is 16.5. The summed E-state index contributed by atoms with van der Waals surface area (Å²) < 4.78 is 5.32. The number of aliphatic hydroxyl groups excluding tert-OH is 1. The van der Waals surface area contributed by atoms with Crippen LogP contribution in [0.15, 0.2) is 18.2 Å². The molecule has 0 aliphatic heterocycles. The largest absolute Gasteiger partial charge is 0.496 e. The van der Waals surface area contributed by atoms with Crippen molar-refractivity contribution in [3.8, 4) is 5.75 Å². The summed E-state index contributed by atoms with van der Waals surface area (Å²) in [5, 5.41) is 13.7. The minimum atomic E-state index is -0.529. The smallest absolute Gasteiger partial charge is 0.124 e. The van der Waals surface area contributed by atoms with Crippen molar-refractivity contribution >= 4 is 0 Å². The lowest BCUT2D eigenvalue weighted by atomic mass is 10.0. The molecule has 2 N–H and O–H groups in total. The average molecular weight is 279 g/mol. The normalized spacial score (nSPS) is 14.1. The Bertz CT molecular complexity index is 393. The number of aryl methyl sites for hydroxylation is 1. The van der Waals surface area contributed by atoms with Crippen LogP contribution in [0.25, 0.3) is 0 Å². The second-order valence-corrected chi connectivity index (χ2v) is 5.57. The van der Waals surface area contributed by atoms with Crippen LogP contribution in [-0.4, -0.2) is 24.8 Å². The van der Waals surface area contributed by atoms with Gasteiger partial charge in [0.05, 0.1) is 13.2 Å². The van der Waals surface area contributed by atoms with E-state index in [-0.39, 0.29) is 0 Å². The van der Waals surface area contributed by atoms with Crippen molar-refractivity contribution in [1.29, 1.82) is 0 Å². The first kappa shape index (κ1) is 17.0. The number of hydrogen-bond donors (Lipinski definition) is 2. The lowest BCUT2D eigenvalue weighted by Crippen LogP contribution is -2.30. The molecule has 0 aromatic heterocycles. The first-order valence-corrected chi connectivity index (χ1v) is 7.64.